The molecule has 11 heteroatoms. The van der Waals surface area contributed by atoms with Crippen molar-refractivity contribution in [3.8, 4) is 16.1 Å². The van der Waals surface area contributed by atoms with Crippen molar-refractivity contribution < 1.29 is 9.36 Å². The zero-order valence-corrected chi connectivity index (χ0v) is 32.5. The van der Waals surface area contributed by atoms with Gasteiger partial charge in [0, 0.05) is 69.0 Å². The molecule has 1 fully saturated rings. The molecule has 2 atom stereocenters. The zero-order valence-electron chi connectivity index (χ0n) is 28.8. The van der Waals surface area contributed by atoms with Crippen molar-refractivity contribution in [1.82, 2.24) is 14.1 Å². The molecular formula is C41H36ClIN5O3S+. The van der Waals surface area contributed by atoms with E-state index in [9.17, 15) is 14.4 Å². The summed E-state index contributed by atoms with van der Waals surface area (Å²) in [7, 11) is 0. The molecule has 4 heterocycles. The lowest BCUT2D eigenvalue weighted by molar-refractivity contribution is -0.720. The Bertz CT molecular complexity index is 2650. The second-order valence-electron chi connectivity index (χ2n) is 13.4. The van der Waals surface area contributed by atoms with Gasteiger partial charge in [0.2, 0.25) is 5.91 Å². The van der Waals surface area contributed by atoms with Gasteiger partial charge in [0.25, 0.3) is 5.56 Å². The summed E-state index contributed by atoms with van der Waals surface area (Å²) in [6.07, 6.45) is 10.8. The molecule has 0 aliphatic heterocycles. The van der Waals surface area contributed by atoms with Crippen LogP contribution >= 0.6 is 45.5 Å². The lowest BCUT2D eigenvalue weighted by atomic mass is 10.1. The number of pyridine rings is 2. The number of halogens is 2. The highest BCUT2D eigenvalue weighted by molar-refractivity contribution is 14.1. The van der Waals surface area contributed by atoms with Crippen LogP contribution in [-0.4, -0.2) is 24.6 Å². The molecule has 1 saturated carbocycles. The summed E-state index contributed by atoms with van der Waals surface area (Å²) in [5.41, 5.74) is 2.30. The van der Waals surface area contributed by atoms with Crippen LogP contribution in [0, 0.1) is 12.8 Å². The van der Waals surface area contributed by atoms with Crippen LogP contribution in [0.1, 0.15) is 44.2 Å². The number of hydrogen-bond donors (Lipinski definition) is 0. The molecule has 8 rings (SSSR count). The number of hydrogen-bond acceptors (Lipinski definition) is 5. The molecule has 1 aliphatic carbocycles. The van der Waals surface area contributed by atoms with E-state index in [1.165, 1.54) is 15.9 Å². The summed E-state index contributed by atoms with van der Waals surface area (Å²) in [4.78, 5) is 50.1. The Morgan fingerprint density at radius 1 is 0.981 bits per heavy atom. The standard InChI is InChI=1S/C41H36ClIN5O3S/c1-3-36(49)47(24-43)35-23-45(22-28-11-5-7-13-31(28)35)29-17-16-26(18-29)21-46-40-37(25(2)38(52-40)32-14-8-9-15-33(32)42)39(50)48(41(46)51)34-20-44-19-27-10-4-6-12-30(27)34/h4-15,19-20,22-23,26,29H,3,16-18,21,24H2,1-2H3/q+1. The highest BCUT2D eigenvalue weighted by Gasteiger charge is 2.34. The maximum absolute atomic E-state index is 14.7. The number of nitrogens with zero attached hydrogens (tertiary/aromatic N) is 5. The lowest BCUT2D eigenvalue weighted by Gasteiger charge is -2.21. The van der Waals surface area contributed by atoms with E-state index in [1.54, 1.807) is 12.4 Å². The van der Waals surface area contributed by atoms with E-state index in [-0.39, 0.29) is 29.1 Å². The molecule has 1 amide bonds. The Balaban J connectivity index is 1.24. The number of rotatable bonds is 8. The maximum atomic E-state index is 14.7. The van der Waals surface area contributed by atoms with E-state index in [0.717, 1.165) is 62.5 Å². The van der Waals surface area contributed by atoms with Crippen molar-refractivity contribution in [2.24, 2.45) is 5.92 Å². The first-order valence-electron chi connectivity index (χ1n) is 17.5. The van der Waals surface area contributed by atoms with Crippen LogP contribution in [0.25, 0.3) is 47.9 Å². The van der Waals surface area contributed by atoms with Crippen molar-refractivity contribution >= 4 is 88.9 Å². The van der Waals surface area contributed by atoms with Gasteiger partial charge in [0.05, 0.1) is 21.8 Å². The van der Waals surface area contributed by atoms with Gasteiger partial charge in [-0.3, -0.25) is 24.0 Å². The topological polar surface area (TPSA) is 81.1 Å². The number of alkyl halides is 1. The Morgan fingerprint density at radius 3 is 2.48 bits per heavy atom. The van der Waals surface area contributed by atoms with Crippen molar-refractivity contribution in [3.63, 3.8) is 0 Å². The largest absolute Gasteiger partial charge is 0.336 e. The number of carbonyl (C=O) groups excluding carboxylic acids is 1. The Labute approximate surface area is 323 Å². The van der Waals surface area contributed by atoms with Gasteiger partial charge in [-0.25, -0.2) is 9.36 Å². The summed E-state index contributed by atoms with van der Waals surface area (Å²) in [6.45, 7) is 4.30. The number of anilines is 1. The molecule has 7 aromatic rings. The Hall–Kier alpha value is -4.39. The maximum Gasteiger partial charge on any atom is 0.336 e. The first-order chi connectivity index (χ1) is 25.3. The van der Waals surface area contributed by atoms with Crippen LogP contribution in [-0.2, 0) is 11.3 Å². The molecule has 0 saturated heterocycles. The molecule has 2 unspecified atom stereocenters. The zero-order chi connectivity index (χ0) is 36.1. The van der Waals surface area contributed by atoms with Crippen molar-refractivity contribution in [3.05, 3.63) is 129 Å². The van der Waals surface area contributed by atoms with Crippen LogP contribution in [0.5, 0.6) is 0 Å². The summed E-state index contributed by atoms with van der Waals surface area (Å²) in [5.74, 6) is 0.262. The third-order valence-corrected chi connectivity index (χ3v) is 12.8. The fourth-order valence-corrected chi connectivity index (χ4v) is 10.2. The highest BCUT2D eigenvalue weighted by Crippen LogP contribution is 2.41. The van der Waals surface area contributed by atoms with E-state index in [2.05, 4.69) is 56.7 Å². The van der Waals surface area contributed by atoms with Gasteiger partial charge in [0.1, 0.15) is 10.5 Å². The monoisotopic (exact) mass is 840 g/mol. The molecule has 0 radical (unpaired) electrons. The molecule has 8 nitrogen and oxygen atoms in total. The third-order valence-electron chi connectivity index (χ3n) is 10.4. The fourth-order valence-electron chi connectivity index (χ4n) is 7.78. The van der Waals surface area contributed by atoms with Crippen LogP contribution in [0.3, 0.4) is 0 Å². The van der Waals surface area contributed by atoms with Crippen molar-refractivity contribution in [2.75, 3.05) is 9.45 Å². The number of fused-ring (bicyclic) bond motifs is 3. The second-order valence-corrected chi connectivity index (χ2v) is 15.5. The lowest BCUT2D eigenvalue weighted by Crippen LogP contribution is -2.41. The minimum atomic E-state index is -0.373. The predicted octanol–water partition coefficient (Wildman–Crippen LogP) is 9.01. The molecule has 0 bridgehead atoms. The first-order valence-corrected chi connectivity index (χ1v) is 20.2. The SMILES string of the molecule is CCC(=O)N(CI)c1c[n+](C2CCC(Cn3c(=O)n(-c4cncc5ccccc45)c(=O)c4c(C)c(-c5ccccc5Cl)sc43)C2)cc2ccccc12. The van der Waals surface area contributed by atoms with Crippen molar-refractivity contribution in [1.29, 1.82) is 0 Å². The van der Waals surface area contributed by atoms with Gasteiger partial charge in [-0.1, -0.05) is 102 Å². The molecule has 4 aromatic heterocycles. The second kappa shape index (κ2) is 14.2. The number of aromatic nitrogens is 4. The molecule has 52 heavy (non-hydrogen) atoms. The average molecular weight is 841 g/mol. The number of amides is 1. The summed E-state index contributed by atoms with van der Waals surface area (Å²) >= 11 is 10.4. The molecule has 0 N–H and O–H groups in total. The van der Waals surface area contributed by atoms with Gasteiger partial charge in [-0.05, 0) is 37.0 Å². The van der Waals surface area contributed by atoms with Gasteiger partial charge < -0.3 is 0 Å². The van der Waals surface area contributed by atoms with Gasteiger partial charge >= 0.3 is 5.69 Å². The van der Waals surface area contributed by atoms with E-state index >= 15 is 0 Å². The summed E-state index contributed by atoms with van der Waals surface area (Å²) in [5, 5.41) is 4.88. The van der Waals surface area contributed by atoms with Crippen LogP contribution in [0.2, 0.25) is 5.02 Å². The molecular weight excluding hydrogens is 805 g/mol. The minimum Gasteiger partial charge on any atom is -0.297 e. The molecule has 1 aliphatic rings. The molecule has 0 spiro atoms. The van der Waals surface area contributed by atoms with Gasteiger partial charge in [0.15, 0.2) is 18.4 Å². The number of aryl methyl sites for hydroxylation is 1. The number of carbonyl (C=O) groups is 1. The fraction of sp³-hybridized carbons (Fsp3) is 0.244. The first kappa shape index (κ1) is 34.7. The third kappa shape index (κ3) is 5.94. The van der Waals surface area contributed by atoms with Crippen LogP contribution in [0.4, 0.5) is 5.69 Å². The predicted molar refractivity (Wildman–Crippen MR) is 219 cm³/mol. The van der Waals surface area contributed by atoms with Crippen molar-refractivity contribution in [2.45, 2.75) is 52.1 Å². The number of benzene rings is 3. The smallest absolute Gasteiger partial charge is 0.297 e. The highest BCUT2D eigenvalue weighted by atomic mass is 127. The van der Waals surface area contributed by atoms with Gasteiger partial charge in [-0.2, -0.15) is 4.57 Å². The van der Waals surface area contributed by atoms with Crippen LogP contribution in [0.15, 0.2) is 107 Å². The minimum absolute atomic E-state index is 0.0870. The average Bonchev–Trinajstić information content (AvgIpc) is 3.78. The Kier molecular flexibility index (Phi) is 9.48. The normalized spacial score (nSPS) is 15.9. The van der Waals surface area contributed by atoms with Crippen LogP contribution < -0.4 is 20.7 Å². The van der Waals surface area contributed by atoms with Gasteiger partial charge in [-0.15, -0.1) is 11.3 Å². The molecule has 3 aromatic carbocycles. The summed E-state index contributed by atoms with van der Waals surface area (Å²) in [6, 6.07) is 23.7. The Morgan fingerprint density at radius 2 is 1.71 bits per heavy atom. The van der Waals surface area contributed by atoms with E-state index in [1.807, 2.05) is 84.0 Å². The van der Waals surface area contributed by atoms with E-state index in [4.69, 9.17) is 11.6 Å². The number of thiophene rings is 1. The molecule has 262 valence electrons. The summed E-state index contributed by atoms with van der Waals surface area (Å²) < 4.78 is 5.96. The van der Waals surface area contributed by atoms with E-state index < -0.39 is 0 Å². The van der Waals surface area contributed by atoms with E-state index in [0.29, 0.717) is 38.4 Å². The quantitative estimate of drug-likeness (QED) is 0.0663.